The molecule has 1 rings (SSSR count). The van der Waals surface area contributed by atoms with Crippen molar-refractivity contribution in [1.82, 2.24) is 5.32 Å². The summed E-state index contributed by atoms with van der Waals surface area (Å²) >= 11 is 0. The van der Waals surface area contributed by atoms with Crippen molar-refractivity contribution in [2.75, 3.05) is 12.8 Å². The first-order chi connectivity index (χ1) is 10.7. The van der Waals surface area contributed by atoms with E-state index in [0.29, 0.717) is 6.42 Å². The Kier molecular flexibility index (Phi) is 8.87. The van der Waals surface area contributed by atoms with Crippen LogP contribution in [-0.2, 0) is 9.84 Å². The van der Waals surface area contributed by atoms with E-state index in [2.05, 4.69) is 5.32 Å². The highest BCUT2D eigenvalue weighted by molar-refractivity contribution is 7.90. The van der Waals surface area contributed by atoms with Crippen molar-refractivity contribution in [2.45, 2.75) is 37.1 Å². The molecule has 1 aromatic carbocycles. The van der Waals surface area contributed by atoms with Gasteiger partial charge >= 0.3 is 0 Å². The third-order valence-corrected chi connectivity index (χ3v) is 4.41. The molecule has 0 spiro atoms. The fourth-order valence-corrected chi connectivity index (χ4v) is 2.68. The number of hydrogen-bond donors (Lipinski definition) is 2. The largest absolute Gasteiger partial charge is 0.348 e. The van der Waals surface area contributed by atoms with Crippen LogP contribution < -0.4 is 11.1 Å². The van der Waals surface area contributed by atoms with Crippen molar-refractivity contribution in [3.63, 3.8) is 0 Å². The smallest absolute Gasteiger partial charge is 0.271 e. The van der Waals surface area contributed by atoms with Crippen LogP contribution >= 0.6 is 12.4 Å². The Bertz CT molecular complexity index is 694. The number of rotatable bonds is 8. The van der Waals surface area contributed by atoms with Crippen LogP contribution in [0.15, 0.2) is 23.1 Å². The van der Waals surface area contributed by atoms with Gasteiger partial charge in [-0.05, 0) is 12.5 Å². The lowest BCUT2D eigenvalue weighted by atomic mass is 10.1. The van der Waals surface area contributed by atoms with Crippen molar-refractivity contribution in [1.29, 1.82) is 0 Å². The molecule has 24 heavy (non-hydrogen) atoms. The number of carbonyl (C=O) groups is 1. The number of nitrogens with zero attached hydrogens (tertiary/aromatic N) is 1. The highest BCUT2D eigenvalue weighted by Gasteiger charge is 2.20. The Morgan fingerprint density at radius 1 is 1.38 bits per heavy atom. The van der Waals surface area contributed by atoms with Crippen LogP contribution in [0, 0.1) is 10.1 Å². The number of non-ortho nitro benzene ring substituents is 1. The zero-order chi connectivity index (χ0) is 17.6. The standard InChI is InChI=1S/C14H21N3O5S.ClH/c1-3-4-5-11(9-15)16-14(18)10-6-12(17(19)20)8-13(7-10)23(2,21)22;/h6-8,11H,3-5,9,15H2,1-2H3,(H,16,18);1H. The van der Waals surface area contributed by atoms with E-state index in [-0.39, 0.29) is 35.5 Å². The summed E-state index contributed by atoms with van der Waals surface area (Å²) in [6, 6.07) is 2.86. The SMILES string of the molecule is CCCCC(CN)NC(=O)c1cc([N+](=O)[O-])cc(S(C)(=O)=O)c1.Cl. The molecule has 0 heterocycles. The van der Waals surface area contributed by atoms with E-state index in [0.717, 1.165) is 37.3 Å². The molecule has 1 aromatic rings. The van der Waals surface area contributed by atoms with Gasteiger partial charge in [0.2, 0.25) is 0 Å². The molecule has 0 aliphatic carbocycles. The van der Waals surface area contributed by atoms with Gasteiger partial charge in [-0.25, -0.2) is 8.42 Å². The predicted octanol–water partition coefficient (Wildman–Crippen LogP) is 1.67. The summed E-state index contributed by atoms with van der Waals surface area (Å²) in [4.78, 5) is 22.2. The van der Waals surface area contributed by atoms with Crippen molar-refractivity contribution >= 4 is 33.8 Å². The van der Waals surface area contributed by atoms with Crippen molar-refractivity contribution in [3.8, 4) is 0 Å². The summed E-state index contributed by atoms with van der Waals surface area (Å²) < 4.78 is 23.3. The average molecular weight is 380 g/mol. The molecule has 0 aromatic heterocycles. The maximum Gasteiger partial charge on any atom is 0.271 e. The quantitative estimate of drug-likeness (QED) is 0.521. The lowest BCUT2D eigenvalue weighted by Gasteiger charge is -2.16. The second-order valence-electron chi connectivity index (χ2n) is 5.29. The minimum atomic E-state index is -3.67. The van der Waals surface area contributed by atoms with Crippen molar-refractivity contribution in [3.05, 3.63) is 33.9 Å². The summed E-state index contributed by atoms with van der Waals surface area (Å²) in [5, 5.41) is 13.6. The van der Waals surface area contributed by atoms with Gasteiger partial charge in [0.1, 0.15) is 0 Å². The van der Waals surface area contributed by atoms with Crippen molar-refractivity contribution in [2.24, 2.45) is 5.73 Å². The van der Waals surface area contributed by atoms with Gasteiger partial charge in [0, 0.05) is 36.5 Å². The molecular weight excluding hydrogens is 358 g/mol. The summed E-state index contributed by atoms with van der Waals surface area (Å²) in [5.74, 6) is -0.579. The Morgan fingerprint density at radius 2 is 2.00 bits per heavy atom. The van der Waals surface area contributed by atoms with E-state index in [1.165, 1.54) is 0 Å². The average Bonchev–Trinajstić information content (AvgIpc) is 2.49. The molecule has 0 saturated carbocycles. The number of unbranched alkanes of at least 4 members (excludes halogenated alkanes) is 1. The Labute approximate surface area is 147 Å². The molecule has 0 radical (unpaired) electrons. The molecule has 0 aliphatic heterocycles. The van der Waals surface area contributed by atoms with Crippen LogP contribution in [0.1, 0.15) is 36.5 Å². The molecule has 0 fully saturated rings. The molecule has 1 atom stereocenters. The summed E-state index contributed by atoms with van der Waals surface area (Å²) in [7, 11) is -3.67. The van der Waals surface area contributed by atoms with Gasteiger partial charge in [-0.2, -0.15) is 0 Å². The molecule has 0 aliphatic rings. The van der Waals surface area contributed by atoms with Crippen LogP contribution in [0.4, 0.5) is 5.69 Å². The number of nitro groups is 1. The number of amides is 1. The molecule has 8 nitrogen and oxygen atoms in total. The molecule has 3 N–H and O–H groups in total. The van der Waals surface area contributed by atoms with Crippen LogP contribution in [0.5, 0.6) is 0 Å². The zero-order valence-corrected chi connectivity index (χ0v) is 15.2. The third-order valence-electron chi connectivity index (χ3n) is 3.32. The Balaban J connectivity index is 0.00000529. The first-order valence-electron chi connectivity index (χ1n) is 7.19. The fourth-order valence-electron chi connectivity index (χ4n) is 2.00. The first kappa shape index (κ1) is 22.3. The Hall–Kier alpha value is -1.71. The van der Waals surface area contributed by atoms with Gasteiger partial charge in [-0.1, -0.05) is 19.8 Å². The van der Waals surface area contributed by atoms with Crippen LogP contribution in [0.25, 0.3) is 0 Å². The number of nitro benzene ring substituents is 1. The van der Waals surface area contributed by atoms with E-state index in [4.69, 9.17) is 5.73 Å². The molecular formula is C14H22ClN3O5S. The summed E-state index contributed by atoms with van der Waals surface area (Å²) in [5.41, 5.74) is 5.08. The molecule has 1 unspecified atom stereocenters. The van der Waals surface area contributed by atoms with Gasteiger partial charge in [0.05, 0.1) is 9.82 Å². The highest BCUT2D eigenvalue weighted by Crippen LogP contribution is 2.21. The first-order valence-corrected chi connectivity index (χ1v) is 9.08. The maximum absolute atomic E-state index is 12.2. The number of halogens is 1. The van der Waals surface area contributed by atoms with Gasteiger partial charge in [0.15, 0.2) is 9.84 Å². The highest BCUT2D eigenvalue weighted by atomic mass is 35.5. The number of sulfone groups is 1. The van der Waals surface area contributed by atoms with E-state index >= 15 is 0 Å². The number of nitrogens with two attached hydrogens (primary N) is 1. The topological polar surface area (TPSA) is 132 Å². The summed E-state index contributed by atoms with van der Waals surface area (Å²) in [6.45, 7) is 2.24. The van der Waals surface area contributed by atoms with E-state index < -0.39 is 26.4 Å². The van der Waals surface area contributed by atoms with Gasteiger partial charge in [0.25, 0.3) is 11.6 Å². The number of hydrogen-bond acceptors (Lipinski definition) is 6. The minimum absolute atomic E-state index is 0. The minimum Gasteiger partial charge on any atom is -0.348 e. The number of carbonyl (C=O) groups excluding carboxylic acids is 1. The van der Waals surface area contributed by atoms with Crippen LogP contribution in [0.3, 0.4) is 0 Å². The van der Waals surface area contributed by atoms with E-state index in [9.17, 15) is 23.3 Å². The summed E-state index contributed by atoms with van der Waals surface area (Å²) in [6.07, 6.45) is 3.44. The predicted molar refractivity (Wildman–Crippen MR) is 93.3 cm³/mol. The molecule has 1 amide bonds. The molecule has 10 heteroatoms. The Morgan fingerprint density at radius 3 is 2.46 bits per heavy atom. The van der Waals surface area contributed by atoms with Crippen molar-refractivity contribution < 1.29 is 18.1 Å². The number of benzene rings is 1. The van der Waals surface area contributed by atoms with E-state index in [1.54, 1.807) is 0 Å². The lowest BCUT2D eigenvalue weighted by molar-refractivity contribution is -0.385. The van der Waals surface area contributed by atoms with Gasteiger partial charge in [-0.3, -0.25) is 14.9 Å². The zero-order valence-electron chi connectivity index (χ0n) is 13.5. The number of nitrogens with one attached hydrogen (secondary N) is 1. The van der Waals surface area contributed by atoms with Crippen LogP contribution in [0.2, 0.25) is 0 Å². The maximum atomic E-state index is 12.2. The van der Waals surface area contributed by atoms with Crippen LogP contribution in [-0.4, -0.2) is 38.1 Å². The monoisotopic (exact) mass is 379 g/mol. The lowest BCUT2D eigenvalue weighted by Crippen LogP contribution is -2.40. The normalized spacial score (nSPS) is 12.1. The molecule has 0 saturated heterocycles. The van der Waals surface area contributed by atoms with Gasteiger partial charge in [-0.15, -0.1) is 12.4 Å². The van der Waals surface area contributed by atoms with Gasteiger partial charge < -0.3 is 11.1 Å². The fraction of sp³-hybridized carbons (Fsp3) is 0.500. The second-order valence-corrected chi connectivity index (χ2v) is 7.31. The second kappa shape index (κ2) is 9.55. The molecule has 0 bridgehead atoms. The molecule has 136 valence electrons. The van der Waals surface area contributed by atoms with E-state index in [1.807, 2.05) is 6.92 Å². The third kappa shape index (κ3) is 6.42.